The van der Waals surface area contributed by atoms with Crippen LogP contribution in [0.25, 0.3) is 22.3 Å². The van der Waals surface area contributed by atoms with Gasteiger partial charge in [-0.05, 0) is 56.0 Å². The van der Waals surface area contributed by atoms with Crippen LogP contribution in [0.1, 0.15) is 31.7 Å². The van der Waals surface area contributed by atoms with Crippen molar-refractivity contribution in [3.05, 3.63) is 71.8 Å². The number of ether oxygens (including phenoxy) is 1. The number of likely N-dealkylation sites (tertiary alicyclic amines) is 1. The second-order valence-corrected chi connectivity index (χ2v) is 10.5. The second-order valence-electron chi connectivity index (χ2n) is 10.5. The van der Waals surface area contributed by atoms with Crippen LogP contribution in [0.15, 0.2) is 54.4 Å². The zero-order valence-corrected chi connectivity index (χ0v) is 22.2. The number of nitrogen functional groups attached to an aromatic ring is 1. The number of fused-ring (bicyclic) bond motifs is 1. The standard InChI is InChI=1S/C29H25F3N8O2/c30-20-4-1-5-22(24(20)32)42-18-6-7-19(21(31)11-18)25-23-26(34)36-15-37-27(23)40(38-25)17-3-2-10-39(14-17)28(41)16(13-33)12-29(35)8-9-29/h1,4-7,11-12,15,17H,2-3,8-10,14,35H2,(H2,34,36,37). The van der Waals surface area contributed by atoms with E-state index in [0.717, 1.165) is 25.0 Å². The van der Waals surface area contributed by atoms with Gasteiger partial charge in [0.25, 0.3) is 5.91 Å². The Morgan fingerprint density at radius 2 is 1.98 bits per heavy atom. The maximum atomic E-state index is 15.5. The van der Waals surface area contributed by atoms with Crippen molar-refractivity contribution in [2.45, 2.75) is 37.3 Å². The quantitative estimate of drug-likeness (QED) is 0.254. The van der Waals surface area contributed by atoms with Gasteiger partial charge in [0.05, 0.1) is 11.4 Å². The van der Waals surface area contributed by atoms with Crippen molar-refractivity contribution in [2.75, 3.05) is 18.8 Å². The summed E-state index contributed by atoms with van der Waals surface area (Å²) in [6, 6.07) is 8.91. The monoisotopic (exact) mass is 574 g/mol. The van der Waals surface area contributed by atoms with Crippen molar-refractivity contribution in [2.24, 2.45) is 5.73 Å². The third-order valence-corrected chi connectivity index (χ3v) is 7.50. The fraction of sp³-hybridized carbons (Fsp3) is 0.276. The van der Waals surface area contributed by atoms with E-state index in [9.17, 15) is 18.8 Å². The van der Waals surface area contributed by atoms with Gasteiger partial charge < -0.3 is 21.1 Å². The Balaban J connectivity index is 1.33. The molecule has 2 aliphatic rings. The number of piperidine rings is 1. The number of rotatable bonds is 6. The Hall–Kier alpha value is -4.96. The molecule has 0 radical (unpaired) electrons. The Kier molecular flexibility index (Phi) is 6.78. The van der Waals surface area contributed by atoms with Gasteiger partial charge in [0.1, 0.15) is 41.0 Å². The summed E-state index contributed by atoms with van der Waals surface area (Å²) in [6.07, 6.45) is 5.55. The number of anilines is 1. The minimum Gasteiger partial charge on any atom is -0.454 e. The zero-order chi connectivity index (χ0) is 29.6. The molecule has 1 amide bonds. The van der Waals surface area contributed by atoms with E-state index in [1.165, 1.54) is 30.6 Å². The van der Waals surface area contributed by atoms with Gasteiger partial charge in [-0.3, -0.25) is 4.79 Å². The topological polar surface area (TPSA) is 149 Å². The summed E-state index contributed by atoms with van der Waals surface area (Å²) in [5.74, 6) is -3.80. The number of nitrogens with zero attached hydrogens (tertiary/aromatic N) is 6. The number of nitriles is 1. The van der Waals surface area contributed by atoms with Crippen molar-refractivity contribution in [1.29, 1.82) is 5.26 Å². The number of aromatic nitrogens is 4. The Morgan fingerprint density at radius 1 is 1.17 bits per heavy atom. The number of nitrogens with two attached hydrogens (primary N) is 2. The highest BCUT2D eigenvalue weighted by Crippen LogP contribution is 2.38. The van der Waals surface area contributed by atoms with Gasteiger partial charge in [0.2, 0.25) is 5.82 Å². The molecule has 0 spiro atoms. The molecule has 6 rings (SSSR count). The fourth-order valence-electron chi connectivity index (χ4n) is 5.11. The van der Waals surface area contributed by atoms with Gasteiger partial charge in [-0.2, -0.15) is 14.8 Å². The van der Waals surface area contributed by atoms with E-state index < -0.39 is 28.9 Å². The molecule has 1 saturated carbocycles. The lowest BCUT2D eigenvalue weighted by Gasteiger charge is -2.33. The molecule has 42 heavy (non-hydrogen) atoms. The van der Waals surface area contributed by atoms with Crippen LogP contribution < -0.4 is 16.2 Å². The highest BCUT2D eigenvalue weighted by Gasteiger charge is 2.38. The molecular formula is C29H25F3N8O2. The van der Waals surface area contributed by atoms with Crippen LogP contribution in [0.3, 0.4) is 0 Å². The molecule has 1 aliphatic carbocycles. The summed E-state index contributed by atoms with van der Waals surface area (Å²) in [6.45, 7) is 0.696. The molecule has 0 bridgehead atoms. The van der Waals surface area contributed by atoms with Crippen molar-refractivity contribution in [3.63, 3.8) is 0 Å². The van der Waals surface area contributed by atoms with Crippen LogP contribution >= 0.6 is 0 Å². The smallest absolute Gasteiger partial charge is 0.264 e. The summed E-state index contributed by atoms with van der Waals surface area (Å²) >= 11 is 0. The number of benzene rings is 2. The predicted molar refractivity (Wildman–Crippen MR) is 146 cm³/mol. The van der Waals surface area contributed by atoms with Crippen LogP contribution in [-0.2, 0) is 4.79 Å². The predicted octanol–water partition coefficient (Wildman–Crippen LogP) is 4.39. The molecule has 4 N–H and O–H groups in total. The molecule has 1 saturated heterocycles. The van der Waals surface area contributed by atoms with E-state index >= 15 is 4.39 Å². The molecule has 2 aromatic carbocycles. The number of amides is 1. The summed E-state index contributed by atoms with van der Waals surface area (Å²) in [5.41, 5.74) is 12.3. The summed E-state index contributed by atoms with van der Waals surface area (Å²) in [4.78, 5) is 23.2. The Morgan fingerprint density at radius 3 is 2.71 bits per heavy atom. The fourth-order valence-corrected chi connectivity index (χ4v) is 5.11. The van der Waals surface area contributed by atoms with Crippen molar-refractivity contribution in [1.82, 2.24) is 24.6 Å². The molecular weight excluding hydrogens is 549 g/mol. The third-order valence-electron chi connectivity index (χ3n) is 7.50. The average molecular weight is 575 g/mol. The van der Waals surface area contributed by atoms with Crippen LogP contribution in [0.5, 0.6) is 11.5 Å². The number of carbonyl (C=O) groups is 1. The second kappa shape index (κ2) is 10.5. The zero-order valence-electron chi connectivity index (χ0n) is 22.2. The van der Waals surface area contributed by atoms with Gasteiger partial charge >= 0.3 is 0 Å². The molecule has 13 heteroatoms. The van der Waals surface area contributed by atoms with E-state index in [1.807, 2.05) is 6.07 Å². The Labute approximate surface area is 238 Å². The van der Waals surface area contributed by atoms with Crippen molar-refractivity contribution < 1.29 is 22.7 Å². The first-order chi connectivity index (χ1) is 20.2. The number of carbonyl (C=O) groups excluding carboxylic acids is 1. The maximum absolute atomic E-state index is 15.5. The molecule has 10 nitrogen and oxygen atoms in total. The molecule has 1 aliphatic heterocycles. The largest absolute Gasteiger partial charge is 0.454 e. The number of hydrogen-bond donors (Lipinski definition) is 2. The third kappa shape index (κ3) is 5.01. The Bertz CT molecular complexity index is 1790. The van der Waals surface area contributed by atoms with E-state index in [-0.39, 0.29) is 46.7 Å². The van der Waals surface area contributed by atoms with E-state index in [0.29, 0.717) is 30.4 Å². The lowest BCUT2D eigenvalue weighted by Crippen LogP contribution is -2.42. The van der Waals surface area contributed by atoms with Crippen LogP contribution in [0.2, 0.25) is 0 Å². The molecule has 1 unspecified atom stereocenters. The highest BCUT2D eigenvalue weighted by molar-refractivity contribution is 5.99. The van der Waals surface area contributed by atoms with Crippen LogP contribution in [0, 0.1) is 28.8 Å². The van der Waals surface area contributed by atoms with E-state index in [4.69, 9.17) is 16.2 Å². The number of hydrogen-bond acceptors (Lipinski definition) is 8. The first-order valence-corrected chi connectivity index (χ1v) is 13.3. The highest BCUT2D eigenvalue weighted by atomic mass is 19.2. The SMILES string of the molecule is N#CC(=CC1(N)CC1)C(=O)N1CCCC(n2nc(-c3ccc(Oc4cccc(F)c4F)cc3F)c3c(N)ncnc32)C1. The first-order valence-electron chi connectivity index (χ1n) is 13.3. The minimum atomic E-state index is -1.19. The van der Waals surface area contributed by atoms with Gasteiger partial charge in [-0.1, -0.05) is 6.07 Å². The minimum absolute atomic E-state index is 0.00994. The van der Waals surface area contributed by atoms with Gasteiger partial charge in [-0.15, -0.1) is 0 Å². The molecule has 2 aromatic heterocycles. The molecule has 1 atom stereocenters. The summed E-state index contributed by atoms with van der Waals surface area (Å²) in [7, 11) is 0. The van der Waals surface area contributed by atoms with Crippen molar-refractivity contribution in [3.8, 4) is 28.8 Å². The molecule has 4 aromatic rings. The average Bonchev–Trinajstić information content (AvgIpc) is 3.58. The van der Waals surface area contributed by atoms with E-state index in [2.05, 4.69) is 15.1 Å². The van der Waals surface area contributed by atoms with Gasteiger partial charge in [0, 0.05) is 30.3 Å². The van der Waals surface area contributed by atoms with Gasteiger partial charge in [0.15, 0.2) is 17.2 Å². The summed E-state index contributed by atoms with van der Waals surface area (Å²) in [5, 5.41) is 14.6. The first kappa shape index (κ1) is 27.2. The van der Waals surface area contributed by atoms with Crippen LogP contribution in [0.4, 0.5) is 19.0 Å². The van der Waals surface area contributed by atoms with Crippen LogP contribution in [-0.4, -0.2) is 49.2 Å². The van der Waals surface area contributed by atoms with E-state index in [1.54, 1.807) is 15.7 Å². The van der Waals surface area contributed by atoms with Crippen molar-refractivity contribution >= 4 is 22.8 Å². The molecule has 214 valence electrons. The number of halogens is 3. The summed E-state index contributed by atoms with van der Waals surface area (Å²) < 4.78 is 50.1. The molecule has 3 heterocycles. The normalized spacial score (nSPS) is 18.1. The van der Waals surface area contributed by atoms with Gasteiger partial charge in [-0.25, -0.2) is 23.4 Å². The lowest BCUT2D eigenvalue weighted by molar-refractivity contribution is -0.128. The molecule has 2 fully saturated rings. The maximum Gasteiger partial charge on any atom is 0.264 e. The lowest BCUT2D eigenvalue weighted by atomic mass is 10.0.